The van der Waals surface area contributed by atoms with Crippen LogP contribution in [0, 0.1) is 0 Å². The van der Waals surface area contributed by atoms with E-state index in [4.69, 9.17) is 4.74 Å². The molecule has 0 atom stereocenters. The minimum atomic E-state index is -0.254. The van der Waals surface area contributed by atoms with Crippen LogP contribution >= 0.6 is 24.0 Å². The number of guanidine groups is 1. The standard InChI is InChI=1S/C13H28N4O2.HI/c1-6-8-15-11(18)7-9-16-12(14-4)17-10-13(2,3)19-5;/h6-10H2,1-5H3,(H,15,18)(H2,14,16,17);1H. The first-order chi connectivity index (χ1) is 8.95. The molecule has 3 N–H and O–H groups in total. The Labute approximate surface area is 139 Å². The summed E-state index contributed by atoms with van der Waals surface area (Å²) in [6.07, 6.45) is 1.39. The van der Waals surface area contributed by atoms with Crippen LogP contribution in [0.1, 0.15) is 33.6 Å². The predicted octanol–water partition coefficient (Wildman–Crippen LogP) is 1.11. The maximum Gasteiger partial charge on any atom is 0.221 e. The first-order valence-electron chi connectivity index (χ1n) is 6.71. The second kappa shape index (κ2) is 12.2. The van der Waals surface area contributed by atoms with Crippen molar-refractivity contribution in [3.05, 3.63) is 0 Å². The molecule has 0 aliphatic heterocycles. The van der Waals surface area contributed by atoms with Crippen molar-refractivity contribution in [1.82, 2.24) is 16.0 Å². The van der Waals surface area contributed by atoms with E-state index in [0.717, 1.165) is 13.0 Å². The van der Waals surface area contributed by atoms with Gasteiger partial charge in [-0.1, -0.05) is 6.92 Å². The van der Waals surface area contributed by atoms with Gasteiger partial charge in [0.1, 0.15) is 0 Å². The van der Waals surface area contributed by atoms with Crippen molar-refractivity contribution in [2.24, 2.45) is 4.99 Å². The molecule has 0 radical (unpaired) electrons. The second-order valence-corrected chi connectivity index (χ2v) is 4.92. The van der Waals surface area contributed by atoms with E-state index in [1.807, 2.05) is 20.8 Å². The Morgan fingerprint density at radius 1 is 1.20 bits per heavy atom. The normalized spacial score (nSPS) is 11.6. The molecule has 0 aliphatic carbocycles. The fourth-order valence-electron chi connectivity index (χ4n) is 1.24. The molecule has 1 amide bonds. The zero-order valence-corrected chi connectivity index (χ0v) is 15.5. The molecular weight excluding hydrogens is 371 g/mol. The Bertz CT molecular complexity index is 296. The summed E-state index contributed by atoms with van der Waals surface area (Å²) in [5.74, 6) is 0.732. The van der Waals surface area contributed by atoms with E-state index in [0.29, 0.717) is 25.5 Å². The predicted molar refractivity (Wildman–Crippen MR) is 93.8 cm³/mol. The third-order valence-corrected chi connectivity index (χ3v) is 2.67. The minimum absolute atomic E-state index is 0. The Morgan fingerprint density at radius 2 is 1.85 bits per heavy atom. The fraction of sp³-hybridized carbons (Fsp3) is 0.846. The molecule has 0 rings (SSSR count). The smallest absolute Gasteiger partial charge is 0.221 e. The van der Waals surface area contributed by atoms with Gasteiger partial charge in [0, 0.05) is 40.2 Å². The maximum absolute atomic E-state index is 11.4. The SMILES string of the molecule is CCCNC(=O)CCNC(=NC)NCC(C)(C)OC.I. The third kappa shape index (κ3) is 11.3. The van der Waals surface area contributed by atoms with Gasteiger partial charge in [-0.15, -0.1) is 24.0 Å². The molecule has 120 valence electrons. The van der Waals surface area contributed by atoms with Crippen molar-refractivity contribution in [3.8, 4) is 0 Å². The summed E-state index contributed by atoms with van der Waals surface area (Å²) in [6.45, 7) is 7.94. The van der Waals surface area contributed by atoms with Gasteiger partial charge in [0.15, 0.2) is 5.96 Å². The highest BCUT2D eigenvalue weighted by atomic mass is 127. The molecule has 7 heteroatoms. The van der Waals surface area contributed by atoms with Crippen LogP contribution in [0.5, 0.6) is 0 Å². The van der Waals surface area contributed by atoms with Gasteiger partial charge in [-0.2, -0.15) is 0 Å². The lowest BCUT2D eigenvalue weighted by molar-refractivity contribution is -0.120. The molecule has 0 heterocycles. The number of hydrogen-bond acceptors (Lipinski definition) is 3. The number of methoxy groups -OCH3 is 1. The van der Waals surface area contributed by atoms with Crippen molar-refractivity contribution in [2.75, 3.05) is 33.8 Å². The quantitative estimate of drug-likeness (QED) is 0.324. The monoisotopic (exact) mass is 400 g/mol. The van der Waals surface area contributed by atoms with Crippen molar-refractivity contribution < 1.29 is 9.53 Å². The molecule has 0 aromatic heterocycles. The zero-order valence-electron chi connectivity index (χ0n) is 13.2. The number of nitrogens with zero attached hydrogens (tertiary/aromatic N) is 1. The van der Waals surface area contributed by atoms with Gasteiger partial charge in [0.25, 0.3) is 0 Å². The minimum Gasteiger partial charge on any atom is -0.377 e. The number of ether oxygens (including phenoxy) is 1. The summed E-state index contributed by atoms with van der Waals surface area (Å²) in [5.41, 5.74) is -0.254. The van der Waals surface area contributed by atoms with E-state index in [-0.39, 0.29) is 35.5 Å². The molecule has 0 saturated carbocycles. The molecule has 0 bridgehead atoms. The topological polar surface area (TPSA) is 74.8 Å². The van der Waals surface area contributed by atoms with Gasteiger partial charge in [0.2, 0.25) is 5.91 Å². The van der Waals surface area contributed by atoms with Crippen LogP contribution in [0.15, 0.2) is 4.99 Å². The number of rotatable bonds is 8. The summed E-state index contributed by atoms with van der Waals surface area (Å²) in [4.78, 5) is 15.5. The Balaban J connectivity index is 0. The summed E-state index contributed by atoms with van der Waals surface area (Å²) in [5, 5.41) is 9.09. The second-order valence-electron chi connectivity index (χ2n) is 4.92. The molecule has 6 nitrogen and oxygen atoms in total. The number of amides is 1. The first-order valence-corrected chi connectivity index (χ1v) is 6.71. The van der Waals surface area contributed by atoms with E-state index in [2.05, 4.69) is 20.9 Å². The van der Waals surface area contributed by atoms with Gasteiger partial charge in [-0.25, -0.2) is 0 Å². The largest absolute Gasteiger partial charge is 0.377 e. The van der Waals surface area contributed by atoms with Gasteiger partial charge in [0.05, 0.1) is 5.60 Å². The van der Waals surface area contributed by atoms with E-state index in [1.165, 1.54) is 0 Å². The number of carbonyl (C=O) groups excluding carboxylic acids is 1. The van der Waals surface area contributed by atoms with E-state index >= 15 is 0 Å². The Hall–Kier alpha value is -0.570. The Morgan fingerprint density at radius 3 is 2.35 bits per heavy atom. The average molecular weight is 400 g/mol. The highest BCUT2D eigenvalue weighted by Crippen LogP contribution is 2.04. The lowest BCUT2D eigenvalue weighted by Crippen LogP contribution is -2.46. The molecule has 0 aromatic carbocycles. The van der Waals surface area contributed by atoms with E-state index in [1.54, 1.807) is 14.2 Å². The van der Waals surface area contributed by atoms with Gasteiger partial charge in [-0.3, -0.25) is 9.79 Å². The van der Waals surface area contributed by atoms with E-state index < -0.39 is 0 Å². The summed E-state index contributed by atoms with van der Waals surface area (Å²) >= 11 is 0. The highest BCUT2D eigenvalue weighted by Gasteiger charge is 2.16. The highest BCUT2D eigenvalue weighted by molar-refractivity contribution is 14.0. The van der Waals surface area contributed by atoms with Gasteiger partial charge < -0.3 is 20.7 Å². The number of nitrogens with one attached hydrogen (secondary N) is 3. The van der Waals surface area contributed by atoms with Crippen molar-refractivity contribution in [3.63, 3.8) is 0 Å². The van der Waals surface area contributed by atoms with Gasteiger partial charge in [-0.05, 0) is 20.3 Å². The van der Waals surface area contributed by atoms with Crippen LogP contribution in [0.2, 0.25) is 0 Å². The van der Waals surface area contributed by atoms with Crippen LogP contribution in [-0.2, 0) is 9.53 Å². The molecule has 20 heavy (non-hydrogen) atoms. The van der Waals surface area contributed by atoms with Crippen LogP contribution in [0.4, 0.5) is 0 Å². The lowest BCUT2D eigenvalue weighted by atomic mass is 10.1. The number of carbonyl (C=O) groups is 1. The fourth-order valence-corrected chi connectivity index (χ4v) is 1.24. The molecule has 0 saturated heterocycles. The molecule has 0 unspecified atom stereocenters. The summed E-state index contributed by atoms with van der Waals surface area (Å²) in [6, 6.07) is 0. The van der Waals surface area contributed by atoms with Crippen LogP contribution in [-0.4, -0.2) is 51.3 Å². The maximum atomic E-state index is 11.4. The zero-order chi connectivity index (χ0) is 14.7. The van der Waals surface area contributed by atoms with Crippen LogP contribution in [0.3, 0.4) is 0 Å². The van der Waals surface area contributed by atoms with Crippen LogP contribution < -0.4 is 16.0 Å². The first kappa shape index (κ1) is 21.7. The van der Waals surface area contributed by atoms with Gasteiger partial charge >= 0.3 is 0 Å². The molecular formula is C13H29IN4O2. The average Bonchev–Trinajstić information content (AvgIpc) is 2.40. The summed E-state index contributed by atoms with van der Waals surface area (Å²) < 4.78 is 5.31. The van der Waals surface area contributed by atoms with Crippen LogP contribution in [0.25, 0.3) is 0 Å². The molecule has 0 aromatic rings. The number of aliphatic imine (C=N–C) groups is 1. The Kier molecular flexibility index (Phi) is 13.2. The molecule has 0 aliphatic rings. The van der Waals surface area contributed by atoms with Crippen molar-refractivity contribution >= 4 is 35.8 Å². The molecule has 0 fully saturated rings. The lowest BCUT2D eigenvalue weighted by Gasteiger charge is -2.24. The number of hydrogen-bond donors (Lipinski definition) is 3. The van der Waals surface area contributed by atoms with Crippen molar-refractivity contribution in [1.29, 1.82) is 0 Å². The van der Waals surface area contributed by atoms with E-state index in [9.17, 15) is 4.79 Å². The van der Waals surface area contributed by atoms with Crippen molar-refractivity contribution in [2.45, 2.75) is 39.2 Å². The molecule has 0 spiro atoms. The summed E-state index contributed by atoms with van der Waals surface area (Å²) in [7, 11) is 3.38. The number of halogens is 1. The third-order valence-electron chi connectivity index (χ3n) is 2.67.